The first-order chi connectivity index (χ1) is 11.1. The van der Waals surface area contributed by atoms with E-state index in [1.807, 2.05) is 6.07 Å². The van der Waals surface area contributed by atoms with Gasteiger partial charge in [0.25, 0.3) is 5.91 Å². The standard InChI is InChI=1S/C16H17Cl2N3OS/c17-12-2-1-11(7-13(12)18)16-21-14(9-23-16)15(22)20-6-4-10-3-5-19-8-10/h1-2,7,9-10,19H,3-6,8H2,(H,20,22). The highest BCUT2D eigenvalue weighted by atomic mass is 35.5. The fourth-order valence-electron chi connectivity index (χ4n) is 2.58. The number of hydrogen-bond acceptors (Lipinski definition) is 4. The molecule has 1 fully saturated rings. The largest absolute Gasteiger partial charge is 0.351 e. The van der Waals surface area contributed by atoms with E-state index in [-0.39, 0.29) is 5.91 Å². The van der Waals surface area contributed by atoms with Crippen molar-refractivity contribution in [3.05, 3.63) is 39.3 Å². The van der Waals surface area contributed by atoms with Crippen molar-refractivity contribution in [3.8, 4) is 10.6 Å². The molecule has 1 atom stereocenters. The van der Waals surface area contributed by atoms with Crippen molar-refractivity contribution in [2.45, 2.75) is 12.8 Å². The third-order valence-electron chi connectivity index (χ3n) is 3.90. The monoisotopic (exact) mass is 369 g/mol. The van der Waals surface area contributed by atoms with Crippen molar-refractivity contribution in [2.24, 2.45) is 5.92 Å². The Morgan fingerprint density at radius 1 is 1.39 bits per heavy atom. The summed E-state index contributed by atoms with van der Waals surface area (Å²) in [6.07, 6.45) is 2.19. The Labute approximate surface area is 149 Å². The van der Waals surface area contributed by atoms with Gasteiger partial charge in [0.2, 0.25) is 0 Å². The Hall–Kier alpha value is -1.14. The molecule has 0 spiro atoms. The van der Waals surface area contributed by atoms with Gasteiger partial charge in [0.05, 0.1) is 10.0 Å². The minimum absolute atomic E-state index is 0.126. The molecule has 1 saturated heterocycles. The van der Waals surface area contributed by atoms with Gasteiger partial charge >= 0.3 is 0 Å². The number of carbonyl (C=O) groups is 1. The molecular formula is C16H17Cl2N3OS. The van der Waals surface area contributed by atoms with Crippen LogP contribution >= 0.6 is 34.5 Å². The van der Waals surface area contributed by atoms with E-state index in [4.69, 9.17) is 23.2 Å². The summed E-state index contributed by atoms with van der Waals surface area (Å²) >= 11 is 13.4. The number of halogens is 2. The van der Waals surface area contributed by atoms with Crippen LogP contribution in [0.15, 0.2) is 23.6 Å². The lowest BCUT2D eigenvalue weighted by atomic mass is 10.1. The number of carbonyl (C=O) groups excluding carboxylic acids is 1. The van der Waals surface area contributed by atoms with Crippen LogP contribution in [0, 0.1) is 5.92 Å². The first-order valence-corrected chi connectivity index (χ1v) is 9.17. The molecule has 2 N–H and O–H groups in total. The third kappa shape index (κ3) is 4.23. The molecule has 2 aromatic rings. The van der Waals surface area contributed by atoms with Gasteiger partial charge in [-0.05, 0) is 44.0 Å². The minimum atomic E-state index is -0.126. The van der Waals surface area contributed by atoms with Crippen molar-refractivity contribution >= 4 is 40.4 Å². The van der Waals surface area contributed by atoms with Gasteiger partial charge in [-0.15, -0.1) is 11.3 Å². The lowest BCUT2D eigenvalue weighted by Crippen LogP contribution is -2.26. The van der Waals surface area contributed by atoms with Crippen LogP contribution in [0.5, 0.6) is 0 Å². The lowest BCUT2D eigenvalue weighted by Gasteiger charge is -2.08. The second kappa shape index (κ2) is 7.62. The zero-order chi connectivity index (χ0) is 16.2. The van der Waals surface area contributed by atoms with E-state index < -0.39 is 0 Å². The molecule has 4 nitrogen and oxygen atoms in total. The topological polar surface area (TPSA) is 54.0 Å². The van der Waals surface area contributed by atoms with E-state index >= 15 is 0 Å². The van der Waals surface area contributed by atoms with E-state index in [9.17, 15) is 4.79 Å². The van der Waals surface area contributed by atoms with E-state index in [1.54, 1.807) is 17.5 Å². The van der Waals surface area contributed by atoms with E-state index in [0.29, 0.717) is 28.2 Å². The molecule has 1 aromatic heterocycles. The summed E-state index contributed by atoms with van der Waals surface area (Å²) in [5.74, 6) is 0.538. The molecule has 7 heteroatoms. The number of amides is 1. The molecule has 122 valence electrons. The van der Waals surface area contributed by atoms with E-state index in [2.05, 4.69) is 15.6 Å². The Kier molecular flexibility index (Phi) is 5.54. The second-order valence-electron chi connectivity index (χ2n) is 5.57. The number of thiazole rings is 1. The molecule has 1 amide bonds. The number of hydrogen-bond donors (Lipinski definition) is 2. The predicted molar refractivity (Wildman–Crippen MR) is 95.5 cm³/mol. The molecule has 0 aliphatic carbocycles. The van der Waals surface area contributed by atoms with Crippen LogP contribution in [0.2, 0.25) is 10.0 Å². The van der Waals surface area contributed by atoms with Crippen LogP contribution in [0.25, 0.3) is 10.6 Å². The predicted octanol–water partition coefficient (Wildman–Crippen LogP) is 3.85. The van der Waals surface area contributed by atoms with Crippen molar-refractivity contribution in [1.29, 1.82) is 0 Å². The van der Waals surface area contributed by atoms with Crippen molar-refractivity contribution in [2.75, 3.05) is 19.6 Å². The SMILES string of the molecule is O=C(NCCC1CCNC1)c1csc(-c2ccc(Cl)c(Cl)c2)n1. The van der Waals surface area contributed by atoms with Crippen molar-refractivity contribution in [3.63, 3.8) is 0 Å². The molecule has 1 aliphatic rings. The van der Waals surface area contributed by atoms with E-state index in [0.717, 1.165) is 30.1 Å². The molecule has 0 saturated carbocycles. The van der Waals surface area contributed by atoms with Crippen molar-refractivity contribution < 1.29 is 4.79 Å². The van der Waals surface area contributed by atoms with Gasteiger partial charge < -0.3 is 10.6 Å². The Morgan fingerprint density at radius 3 is 3.00 bits per heavy atom. The molecule has 0 bridgehead atoms. The summed E-state index contributed by atoms with van der Waals surface area (Å²) in [6.45, 7) is 2.82. The summed E-state index contributed by atoms with van der Waals surface area (Å²) in [6, 6.07) is 5.34. The average Bonchev–Trinajstić information content (AvgIpc) is 3.21. The fourth-order valence-corrected chi connectivity index (χ4v) is 3.68. The van der Waals surface area contributed by atoms with Crippen molar-refractivity contribution in [1.82, 2.24) is 15.6 Å². The summed E-state index contributed by atoms with van der Waals surface area (Å²) in [5.41, 5.74) is 1.31. The maximum absolute atomic E-state index is 12.2. The highest BCUT2D eigenvalue weighted by Gasteiger charge is 2.16. The van der Waals surface area contributed by atoms with Crippen LogP contribution in [0.1, 0.15) is 23.3 Å². The maximum Gasteiger partial charge on any atom is 0.270 e. The first-order valence-electron chi connectivity index (χ1n) is 7.53. The lowest BCUT2D eigenvalue weighted by molar-refractivity contribution is 0.0947. The summed E-state index contributed by atoms with van der Waals surface area (Å²) in [5, 5.41) is 9.78. The van der Waals surface area contributed by atoms with Gasteiger partial charge in [-0.2, -0.15) is 0 Å². The molecule has 0 radical (unpaired) electrons. The van der Waals surface area contributed by atoms with Gasteiger partial charge in [0.1, 0.15) is 10.7 Å². The summed E-state index contributed by atoms with van der Waals surface area (Å²) in [7, 11) is 0. The zero-order valence-corrected chi connectivity index (χ0v) is 14.8. The van der Waals surface area contributed by atoms with Crippen LogP contribution in [-0.4, -0.2) is 30.5 Å². The van der Waals surface area contributed by atoms with Crippen LogP contribution in [-0.2, 0) is 0 Å². The van der Waals surface area contributed by atoms with Crippen LogP contribution in [0.4, 0.5) is 0 Å². The number of rotatable bonds is 5. The molecule has 23 heavy (non-hydrogen) atoms. The normalized spacial score (nSPS) is 17.4. The minimum Gasteiger partial charge on any atom is -0.351 e. The third-order valence-corrected chi connectivity index (χ3v) is 5.53. The second-order valence-corrected chi connectivity index (χ2v) is 7.24. The summed E-state index contributed by atoms with van der Waals surface area (Å²) in [4.78, 5) is 16.5. The van der Waals surface area contributed by atoms with E-state index in [1.165, 1.54) is 17.8 Å². The number of nitrogens with zero attached hydrogens (tertiary/aromatic N) is 1. The zero-order valence-electron chi connectivity index (χ0n) is 12.4. The Balaban J connectivity index is 1.59. The average molecular weight is 370 g/mol. The highest BCUT2D eigenvalue weighted by Crippen LogP contribution is 2.30. The number of nitrogens with one attached hydrogen (secondary N) is 2. The molecule has 3 rings (SSSR count). The van der Waals surface area contributed by atoms with Gasteiger partial charge in [0, 0.05) is 17.5 Å². The van der Waals surface area contributed by atoms with Crippen LogP contribution in [0.3, 0.4) is 0 Å². The number of benzene rings is 1. The smallest absolute Gasteiger partial charge is 0.270 e. The van der Waals surface area contributed by atoms with Gasteiger partial charge in [-0.3, -0.25) is 4.79 Å². The summed E-state index contributed by atoms with van der Waals surface area (Å²) < 4.78 is 0. The first kappa shape index (κ1) is 16.7. The van der Waals surface area contributed by atoms with Crippen LogP contribution < -0.4 is 10.6 Å². The van der Waals surface area contributed by atoms with Gasteiger partial charge in [-0.25, -0.2) is 4.98 Å². The maximum atomic E-state index is 12.2. The van der Waals surface area contributed by atoms with Gasteiger partial charge in [0.15, 0.2) is 0 Å². The molecule has 1 aromatic carbocycles. The Morgan fingerprint density at radius 2 is 2.26 bits per heavy atom. The molecular weight excluding hydrogens is 353 g/mol. The fraction of sp³-hybridized carbons (Fsp3) is 0.375. The Bertz CT molecular complexity index is 698. The molecule has 1 aliphatic heterocycles. The van der Waals surface area contributed by atoms with Gasteiger partial charge in [-0.1, -0.05) is 29.3 Å². The number of aromatic nitrogens is 1. The quantitative estimate of drug-likeness (QED) is 0.841. The highest BCUT2D eigenvalue weighted by molar-refractivity contribution is 7.13. The molecule has 2 heterocycles. The molecule has 1 unspecified atom stereocenters.